The molecule has 1 aliphatic heterocycles. The predicted octanol–water partition coefficient (Wildman–Crippen LogP) is 3.51. The molecule has 5 heteroatoms. The van der Waals surface area contributed by atoms with Crippen molar-refractivity contribution in [2.24, 2.45) is 0 Å². The SMILES string of the molecule is CCNC(Cc1ccc(Cl)s1)C1(OCC)CCOCC1. The molecule has 0 radical (unpaired) electrons. The van der Waals surface area contributed by atoms with Crippen molar-refractivity contribution in [2.75, 3.05) is 26.4 Å². The summed E-state index contributed by atoms with van der Waals surface area (Å²) < 4.78 is 12.6. The summed E-state index contributed by atoms with van der Waals surface area (Å²) >= 11 is 7.71. The van der Waals surface area contributed by atoms with Crippen molar-refractivity contribution in [3.05, 3.63) is 21.3 Å². The molecule has 3 nitrogen and oxygen atoms in total. The molecule has 0 bridgehead atoms. The molecule has 2 rings (SSSR count). The number of ether oxygens (including phenoxy) is 2. The maximum absolute atomic E-state index is 6.19. The normalized spacial score (nSPS) is 19.9. The largest absolute Gasteiger partial charge is 0.381 e. The van der Waals surface area contributed by atoms with E-state index in [-0.39, 0.29) is 5.60 Å². The summed E-state index contributed by atoms with van der Waals surface area (Å²) in [7, 11) is 0. The first-order chi connectivity index (χ1) is 9.70. The van der Waals surface area contributed by atoms with Crippen LogP contribution in [-0.4, -0.2) is 38.0 Å². The van der Waals surface area contributed by atoms with Crippen molar-refractivity contribution in [3.63, 3.8) is 0 Å². The Kier molecular flexibility index (Phi) is 6.30. The van der Waals surface area contributed by atoms with Gasteiger partial charge in [0.05, 0.1) is 9.94 Å². The van der Waals surface area contributed by atoms with E-state index in [1.54, 1.807) is 11.3 Å². The van der Waals surface area contributed by atoms with Crippen molar-refractivity contribution in [1.29, 1.82) is 0 Å². The average molecular weight is 318 g/mol. The zero-order valence-electron chi connectivity index (χ0n) is 12.3. The Bertz CT molecular complexity index is 399. The van der Waals surface area contributed by atoms with Crippen LogP contribution >= 0.6 is 22.9 Å². The zero-order chi connectivity index (χ0) is 14.4. The number of hydrogen-bond acceptors (Lipinski definition) is 4. The first-order valence-electron chi connectivity index (χ1n) is 7.39. The fourth-order valence-electron chi connectivity index (χ4n) is 2.95. The lowest BCUT2D eigenvalue weighted by molar-refractivity contribution is -0.126. The molecule has 1 saturated heterocycles. The molecule has 0 spiro atoms. The topological polar surface area (TPSA) is 30.5 Å². The van der Waals surface area contributed by atoms with Gasteiger partial charge in [0.25, 0.3) is 0 Å². The molecular weight excluding hydrogens is 294 g/mol. The van der Waals surface area contributed by atoms with E-state index in [9.17, 15) is 0 Å². The van der Waals surface area contributed by atoms with E-state index in [2.05, 4.69) is 25.2 Å². The number of thiophene rings is 1. The van der Waals surface area contributed by atoms with Gasteiger partial charge >= 0.3 is 0 Å². The number of hydrogen-bond donors (Lipinski definition) is 1. The van der Waals surface area contributed by atoms with Gasteiger partial charge in [0.15, 0.2) is 0 Å². The lowest BCUT2D eigenvalue weighted by Gasteiger charge is -2.43. The number of halogens is 1. The van der Waals surface area contributed by atoms with Gasteiger partial charge in [0, 0.05) is 43.6 Å². The summed E-state index contributed by atoms with van der Waals surface area (Å²) in [5.41, 5.74) is -0.112. The van der Waals surface area contributed by atoms with E-state index in [0.29, 0.717) is 6.04 Å². The Morgan fingerprint density at radius 3 is 2.70 bits per heavy atom. The van der Waals surface area contributed by atoms with Crippen LogP contribution in [0.3, 0.4) is 0 Å². The molecule has 0 aliphatic carbocycles. The first-order valence-corrected chi connectivity index (χ1v) is 8.59. The Morgan fingerprint density at radius 2 is 2.15 bits per heavy atom. The molecule has 0 amide bonds. The first kappa shape index (κ1) is 16.2. The van der Waals surface area contributed by atoms with Crippen molar-refractivity contribution in [2.45, 2.75) is 44.8 Å². The second-order valence-electron chi connectivity index (χ2n) is 5.13. The zero-order valence-corrected chi connectivity index (χ0v) is 13.9. The van der Waals surface area contributed by atoms with E-state index < -0.39 is 0 Å². The van der Waals surface area contributed by atoms with E-state index in [0.717, 1.165) is 50.0 Å². The molecule has 1 aromatic rings. The van der Waals surface area contributed by atoms with Gasteiger partial charge in [-0.05, 0) is 32.0 Å². The van der Waals surface area contributed by atoms with Gasteiger partial charge in [-0.2, -0.15) is 0 Å². The minimum Gasteiger partial charge on any atom is -0.381 e. The van der Waals surface area contributed by atoms with E-state index in [1.807, 2.05) is 6.07 Å². The van der Waals surface area contributed by atoms with Gasteiger partial charge in [-0.15, -0.1) is 11.3 Å². The molecule has 2 heterocycles. The quantitative estimate of drug-likeness (QED) is 0.835. The summed E-state index contributed by atoms with van der Waals surface area (Å²) in [5.74, 6) is 0. The lowest BCUT2D eigenvalue weighted by Crippen LogP contribution is -2.56. The summed E-state index contributed by atoms with van der Waals surface area (Å²) in [4.78, 5) is 1.31. The molecule has 1 aliphatic rings. The van der Waals surface area contributed by atoms with Gasteiger partial charge in [0.2, 0.25) is 0 Å². The molecule has 1 aromatic heterocycles. The molecule has 1 atom stereocenters. The molecule has 1 fully saturated rings. The van der Waals surface area contributed by atoms with Crippen LogP contribution in [0.25, 0.3) is 0 Å². The second-order valence-corrected chi connectivity index (χ2v) is 6.93. The monoisotopic (exact) mass is 317 g/mol. The fourth-order valence-corrected chi connectivity index (χ4v) is 4.08. The van der Waals surface area contributed by atoms with Gasteiger partial charge < -0.3 is 14.8 Å². The van der Waals surface area contributed by atoms with Gasteiger partial charge in [-0.1, -0.05) is 18.5 Å². The van der Waals surface area contributed by atoms with Crippen molar-refractivity contribution in [1.82, 2.24) is 5.32 Å². The third kappa shape index (κ3) is 3.95. The summed E-state index contributed by atoms with van der Waals surface area (Å²) in [6, 6.07) is 4.41. The molecule has 20 heavy (non-hydrogen) atoms. The van der Waals surface area contributed by atoms with Gasteiger partial charge in [-0.3, -0.25) is 0 Å². The molecule has 0 aromatic carbocycles. The van der Waals surface area contributed by atoms with Crippen LogP contribution in [0, 0.1) is 0 Å². The van der Waals surface area contributed by atoms with Crippen LogP contribution < -0.4 is 5.32 Å². The van der Waals surface area contributed by atoms with Crippen LogP contribution in [-0.2, 0) is 15.9 Å². The molecule has 1 unspecified atom stereocenters. The maximum atomic E-state index is 6.19. The van der Waals surface area contributed by atoms with Crippen molar-refractivity contribution in [3.8, 4) is 0 Å². The minimum absolute atomic E-state index is 0.112. The molecule has 0 saturated carbocycles. The van der Waals surface area contributed by atoms with Gasteiger partial charge in [-0.25, -0.2) is 0 Å². The van der Waals surface area contributed by atoms with Crippen molar-refractivity contribution >= 4 is 22.9 Å². The van der Waals surface area contributed by atoms with Crippen molar-refractivity contribution < 1.29 is 9.47 Å². The summed E-state index contributed by atoms with van der Waals surface area (Å²) in [5, 5.41) is 3.62. The Labute approximate surface area is 130 Å². The van der Waals surface area contributed by atoms with E-state index in [4.69, 9.17) is 21.1 Å². The van der Waals surface area contributed by atoms with E-state index >= 15 is 0 Å². The summed E-state index contributed by atoms with van der Waals surface area (Å²) in [6.07, 6.45) is 2.88. The number of rotatable bonds is 7. The Morgan fingerprint density at radius 1 is 1.40 bits per heavy atom. The highest BCUT2D eigenvalue weighted by molar-refractivity contribution is 7.16. The van der Waals surface area contributed by atoms with E-state index in [1.165, 1.54) is 4.88 Å². The smallest absolute Gasteiger partial charge is 0.0931 e. The van der Waals surface area contributed by atoms with Crippen LogP contribution in [0.4, 0.5) is 0 Å². The average Bonchev–Trinajstić information content (AvgIpc) is 2.85. The molecule has 1 N–H and O–H groups in total. The lowest BCUT2D eigenvalue weighted by atomic mass is 9.83. The van der Waals surface area contributed by atoms with Crippen LogP contribution in [0.1, 0.15) is 31.6 Å². The number of nitrogens with one attached hydrogen (secondary N) is 1. The molecule has 114 valence electrons. The molecular formula is C15H24ClNO2S. The standard InChI is InChI=1S/C15H24ClNO2S/c1-3-17-13(11-12-5-6-14(16)20-12)15(19-4-2)7-9-18-10-8-15/h5-6,13,17H,3-4,7-11H2,1-2H3. The Balaban J connectivity index is 2.14. The highest BCUT2D eigenvalue weighted by Crippen LogP contribution is 2.32. The number of likely N-dealkylation sites (N-methyl/N-ethyl adjacent to an activating group) is 1. The predicted molar refractivity (Wildman–Crippen MR) is 84.9 cm³/mol. The minimum atomic E-state index is -0.112. The van der Waals surface area contributed by atoms with Crippen LogP contribution in [0.15, 0.2) is 12.1 Å². The Hall–Kier alpha value is -0.130. The third-order valence-electron chi connectivity index (χ3n) is 3.89. The van der Waals surface area contributed by atoms with Crippen LogP contribution in [0.2, 0.25) is 4.34 Å². The van der Waals surface area contributed by atoms with Crippen LogP contribution in [0.5, 0.6) is 0 Å². The highest BCUT2D eigenvalue weighted by atomic mass is 35.5. The highest BCUT2D eigenvalue weighted by Gasteiger charge is 2.40. The fraction of sp³-hybridized carbons (Fsp3) is 0.733. The second kappa shape index (κ2) is 7.76. The summed E-state index contributed by atoms with van der Waals surface area (Å²) in [6.45, 7) is 7.47. The maximum Gasteiger partial charge on any atom is 0.0931 e. The third-order valence-corrected chi connectivity index (χ3v) is 5.14. The van der Waals surface area contributed by atoms with Gasteiger partial charge in [0.1, 0.15) is 0 Å².